The molecule has 1 saturated carbocycles. The van der Waals surface area contributed by atoms with Crippen LogP contribution in [0.15, 0.2) is 0 Å². The van der Waals surface area contributed by atoms with Gasteiger partial charge in [0.1, 0.15) is 5.54 Å². The summed E-state index contributed by atoms with van der Waals surface area (Å²) >= 11 is 0. The van der Waals surface area contributed by atoms with E-state index in [1.165, 1.54) is 0 Å². The van der Waals surface area contributed by atoms with Crippen LogP contribution >= 0.6 is 0 Å². The van der Waals surface area contributed by atoms with E-state index in [2.05, 4.69) is 10.7 Å². The molecular formula is C15H24N4O4. The molecule has 0 aromatic rings. The molecule has 128 valence electrons. The van der Waals surface area contributed by atoms with Crippen LogP contribution in [0.3, 0.4) is 0 Å². The topological polar surface area (TPSA) is 102 Å². The summed E-state index contributed by atoms with van der Waals surface area (Å²) in [6, 6.07) is -0.542. The standard InChI is InChI=1S/C15H24N4O4/c20-11-4-8-18(9-5-11)10-12(21)17-19-13(22)15(16-14(19)23)6-2-1-3-7-15/h11,20H,1-10H2,(H,16,23)(H,17,21). The zero-order valence-corrected chi connectivity index (χ0v) is 13.2. The number of hydrogen-bond donors (Lipinski definition) is 3. The first-order valence-corrected chi connectivity index (χ1v) is 8.37. The molecule has 3 fully saturated rings. The van der Waals surface area contributed by atoms with Crippen molar-refractivity contribution in [1.82, 2.24) is 20.7 Å². The highest BCUT2D eigenvalue weighted by molar-refractivity contribution is 6.08. The lowest BCUT2D eigenvalue weighted by molar-refractivity contribution is -0.140. The number of hydrogen-bond acceptors (Lipinski definition) is 5. The molecule has 0 aromatic heterocycles. The SMILES string of the molecule is O=C(CN1CCC(O)CC1)NN1C(=O)NC2(CCCCC2)C1=O. The first kappa shape index (κ1) is 16.2. The van der Waals surface area contributed by atoms with E-state index in [0.29, 0.717) is 38.8 Å². The summed E-state index contributed by atoms with van der Waals surface area (Å²) in [5, 5.41) is 13.1. The lowest BCUT2D eigenvalue weighted by atomic mass is 9.82. The third kappa shape index (κ3) is 3.32. The Morgan fingerprint density at radius 3 is 2.52 bits per heavy atom. The first-order valence-electron chi connectivity index (χ1n) is 8.37. The molecule has 2 aliphatic heterocycles. The number of nitrogens with zero attached hydrogens (tertiary/aromatic N) is 2. The molecule has 1 aliphatic carbocycles. The van der Waals surface area contributed by atoms with Gasteiger partial charge in [0.2, 0.25) is 0 Å². The van der Waals surface area contributed by atoms with Crippen molar-refractivity contribution in [3.63, 3.8) is 0 Å². The van der Waals surface area contributed by atoms with Crippen LogP contribution in [0.2, 0.25) is 0 Å². The molecule has 3 aliphatic rings. The van der Waals surface area contributed by atoms with Crippen LogP contribution in [0.1, 0.15) is 44.9 Å². The van der Waals surface area contributed by atoms with Crippen LogP contribution in [0.5, 0.6) is 0 Å². The molecule has 8 heteroatoms. The van der Waals surface area contributed by atoms with E-state index in [1.54, 1.807) is 0 Å². The van der Waals surface area contributed by atoms with Crippen LogP contribution < -0.4 is 10.7 Å². The minimum atomic E-state index is -0.822. The highest BCUT2D eigenvalue weighted by atomic mass is 16.3. The molecule has 4 amide bonds. The van der Waals surface area contributed by atoms with Gasteiger partial charge in [-0.1, -0.05) is 19.3 Å². The minimum absolute atomic E-state index is 0.122. The van der Waals surface area contributed by atoms with E-state index in [4.69, 9.17) is 0 Å². The fourth-order valence-electron chi connectivity index (χ4n) is 3.66. The summed E-state index contributed by atoms with van der Waals surface area (Å²) in [4.78, 5) is 38.6. The monoisotopic (exact) mass is 324 g/mol. The summed E-state index contributed by atoms with van der Waals surface area (Å²) in [5.41, 5.74) is 1.62. The Balaban J connectivity index is 1.56. The van der Waals surface area contributed by atoms with Crippen LogP contribution in [-0.2, 0) is 9.59 Å². The Bertz CT molecular complexity index is 496. The van der Waals surface area contributed by atoms with Crippen LogP contribution in [0.4, 0.5) is 4.79 Å². The number of hydrazine groups is 1. The molecule has 3 N–H and O–H groups in total. The fraction of sp³-hybridized carbons (Fsp3) is 0.800. The van der Waals surface area contributed by atoms with Crippen molar-refractivity contribution in [2.75, 3.05) is 19.6 Å². The molecule has 8 nitrogen and oxygen atoms in total. The molecular weight excluding hydrogens is 300 g/mol. The number of nitrogens with one attached hydrogen (secondary N) is 2. The van der Waals surface area contributed by atoms with Gasteiger partial charge in [0, 0.05) is 13.1 Å². The van der Waals surface area contributed by atoms with Crippen molar-refractivity contribution >= 4 is 17.8 Å². The number of imide groups is 1. The number of likely N-dealkylation sites (tertiary alicyclic amines) is 1. The van der Waals surface area contributed by atoms with Crippen molar-refractivity contribution in [3.8, 4) is 0 Å². The fourth-order valence-corrected chi connectivity index (χ4v) is 3.66. The second-order valence-corrected chi connectivity index (χ2v) is 6.76. The van der Waals surface area contributed by atoms with E-state index in [1.807, 2.05) is 4.90 Å². The minimum Gasteiger partial charge on any atom is -0.393 e. The van der Waals surface area contributed by atoms with Crippen molar-refractivity contribution in [2.24, 2.45) is 0 Å². The molecule has 2 saturated heterocycles. The summed E-state index contributed by atoms with van der Waals surface area (Å²) in [6.45, 7) is 1.40. The lowest BCUT2D eigenvalue weighted by Crippen LogP contribution is -2.53. The lowest BCUT2D eigenvalue weighted by Gasteiger charge is -2.30. The second-order valence-electron chi connectivity index (χ2n) is 6.76. The average molecular weight is 324 g/mol. The summed E-state index contributed by atoms with van der Waals surface area (Å²) < 4.78 is 0. The van der Waals surface area contributed by atoms with Crippen LogP contribution in [-0.4, -0.2) is 64.1 Å². The zero-order chi connectivity index (χ0) is 16.4. The predicted octanol–water partition coefficient (Wildman–Crippen LogP) is -0.271. The highest BCUT2D eigenvalue weighted by Crippen LogP contribution is 2.32. The summed E-state index contributed by atoms with van der Waals surface area (Å²) in [7, 11) is 0. The predicted molar refractivity (Wildman–Crippen MR) is 81.0 cm³/mol. The number of aliphatic hydroxyl groups is 1. The van der Waals surface area contributed by atoms with Gasteiger partial charge in [0.25, 0.3) is 11.8 Å². The Hall–Kier alpha value is -1.67. The van der Waals surface area contributed by atoms with E-state index < -0.39 is 11.6 Å². The van der Waals surface area contributed by atoms with Crippen molar-refractivity contribution in [3.05, 3.63) is 0 Å². The normalized spacial score (nSPS) is 25.7. The molecule has 0 radical (unpaired) electrons. The van der Waals surface area contributed by atoms with Gasteiger partial charge in [0.15, 0.2) is 0 Å². The molecule has 0 atom stereocenters. The van der Waals surface area contributed by atoms with Crippen LogP contribution in [0, 0.1) is 0 Å². The van der Waals surface area contributed by atoms with Gasteiger partial charge in [-0.15, -0.1) is 0 Å². The van der Waals surface area contributed by atoms with Crippen molar-refractivity contribution < 1.29 is 19.5 Å². The highest BCUT2D eigenvalue weighted by Gasteiger charge is 2.52. The molecule has 0 aromatic carbocycles. The maximum absolute atomic E-state index is 12.5. The quantitative estimate of drug-likeness (QED) is 0.620. The number of piperidine rings is 1. The number of urea groups is 1. The van der Waals surface area contributed by atoms with E-state index in [-0.39, 0.29) is 24.5 Å². The number of carbonyl (C=O) groups excluding carboxylic acids is 3. The largest absolute Gasteiger partial charge is 0.393 e. The van der Waals surface area contributed by atoms with E-state index in [9.17, 15) is 19.5 Å². The second kappa shape index (κ2) is 6.45. The van der Waals surface area contributed by atoms with Gasteiger partial charge in [-0.05, 0) is 25.7 Å². The van der Waals surface area contributed by atoms with Gasteiger partial charge in [-0.3, -0.25) is 19.9 Å². The van der Waals surface area contributed by atoms with E-state index >= 15 is 0 Å². The number of aliphatic hydroxyl groups excluding tert-OH is 1. The summed E-state index contributed by atoms with van der Waals surface area (Å²) in [5.74, 6) is -0.720. The van der Waals surface area contributed by atoms with Crippen molar-refractivity contribution in [2.45, 2.75) is 56.6 Å². The van der Waals surface area contributed by atoms with Crippen LogP contribution in [0.25, 0.3) is 0 Å². The number of amides is 4. The molecule has 23 heavy (non-hydrogen) atoms. The van der Waals surface area contributed by atoms with Gasteiger partial charge in [-0.25, -0.2) is 4.79 Å². The average Bonchev–Trinajstić information content (AvgIpc) is 2.75. The van der Waals surface area contributed by atoms with Gasteiger partial charge in [0.05, 0.1) is 12.6 Å². The summed E-state index contributed by atoms with van der Waals surface area (Å²) in [6.07, 6.45) is 5.12. The first-order chi connectivity index (χ1) is 11.0. The zero-order valence-electron chi connectivity index (χ0n) is 13.2. The molecule has 0 bridgehead atoms. The van der Waals surface area contributed by atoms with Gasteiger partial charge >= 0.3 is 6.03 Å². The molecule has 3 rings (SSSR count). The Morgan fingerprint density at radius 1 is 1.22 bits per heavy atom. The smallest absolute Gasteiger partial charge is 0.344 e. The van der Waals surface area contributed by atoms with Gasteiger partial charge in [-0.2, -0.15) is 5.01 Å². The Labute approximate surface area is 135 Å². The van der Waals surface area contributed by atoms with Crippen molar-refractivity contribution in [1.29, 1.82) is 0 Å². The van der Waals surface area contributed by atoms with Gasteiger partial charge < -0.3 is 10.4 Å². The number of rotatable bonds is 3. The third-order valence-corrected chi connectivity index (χ3v) is 5.03. The Kier molecular flexibility index (Phi) is 4.54. The maximum atomic E-state index is 12.5. The number of carbonyl (C=O) groups is 3. The molecule has 0 unspecified atom stereocenters. The maximum Gasteiger partial charge on any atom is 0.344 e. The Morgan fingerprint density at radius 2 is 1.87 bits per heavy atom. The molecule has 1 spiro atoms. The van der Waals surface area contributed by atoms with E-state index in [0.717, 1.165) is 24.3 Å². The molecule has 2 heterocycles. The third-order valence-electron chi connectivity index (χ3n) is 5.03.